The number of hydrogen-bond acceptors (Lipinski definition) is 7. The number of ether oxygens (including phenoxy) is 1. The van der Waals surface area contributed by atoms with Gasteiger partial charge < -0.3 is 15.4 Å². The predicted molar refractivity (Wildman–Crippen MR) is 114 cm³/mol. The third kappa shape index (κ3) is 5.06. The van der Waals surface area contributed by atoms with Crippen molar-refractivity contribution < 1.29 is 22.7 Å². The van der Waals surface area contributed by atoms with E-state index in [-0.39, 0.29) is 17.3 Å². The van der Waals surface area contributed by atoms with Crippen molar-refractivity contribution in [2.75, 3.05) is 44.7 Å². The van der Waals surface area contributed by atoms with E-state index in [0.717, 1.165) is 13.1 Å². The van der Waals surface area contributed by atoms with Crippen LogP contribution in [0.5, 0.6) is 0 Å². The highest BCUT2D eigenvalue weighted by Crippen LogP contribution is 2.33. The number of hydrogen-bond donors (Lipinski definition) is 2. The molecule has 12 heteroatoms. The number of rotatable bonds is 5. The second kappa shape index (κ2) is 8.95. The van der Waals surface area contributed by atoms with Crippen LogP contribution in [0.25, 0.3) is 5.69 Å². The number of carbonyl (C=O) groups is 2. The molecule has 166 valence electrons. The summed E-state index contributed by atoms with van der Waals surface area (Å²) in [6.07, 6.45) is 0. The van der Waals surface area contributed by atoms with Crippen molar-refractivity contribution in [1.82, 2.24) is 20.0 Å². The quantitative estimate of drug-likeness (QED) is 0.608. The van der Waals surface area contributed by atoms with Crippen LogP contribution in [0.15, 0.2) is 24.3 Å². The number of halogens is 1. The van der Waals surface area contributed by atoms with Crippen LogP contribution in [0.3, 0.4) is 0 Å². The average Bonchev–Trinajstić information content (AvgIpc) is 3.21. The van der Waals surface area contributed by atoms with Gasteiger partial charge in [-0.2, -0.15) is 5.10 Å². The molecule has 0 atom stereocenters. The van der Waals surface area contributed by atoms with Gasteiger partial charge in [0.2, 0.25) is 0 Å². The predicted octanol–water partition coefficient (Wildman–Crippen LogP) is 0.341. The number of anilines is 1. The fraction of sp³-hybridized carbons (Fsp3) is 0.421. The molecule has 2 aliphatic heterocycles. The highest BCUT2D eigenvalue weighted by atomic mass is 35.5. The fourth-order valence-corrected chi connectivity index (χ4v) is 5.16. The number of nitrogens with zero attached hydrogens (tertiary/aromatic N) is 3. The summed E-state index contributed by atoms with van der Waals surface area (Å²) in [7, 11) is -3.34. The summed E-state index contributed by atoms with van der Waals surface area (Å²) < 4.78 is 30.8. The molecule has 1 aromatic carbocycles. The van der Waals surface area contributed by atoms with Gasteiger partial charge in [-0.3, -0.25) is 14.5 Å². The smallest absolute Gasteiger partial charge is 0.314 e. The van der Waals surface area contributed by atoms with Crippen LogP contribution in [0.2, 0.25) is 5.02 Å². The number of morpholine rings is 1. The third-order valence-corrected chi connectivity index (χ3v) is 6.81. The van der Waals surface area contributed by atoms with Crippen molar-refractivity contribution in [3.8, 4) is 5.69 Å². The molecule has 31 heavy (non-hydrogen) atoms. The van der Waals surface area contributed by atoms with E-state index in [1.807, 2.05) is 0 Å². The van der Waals surface area contributed by atoms with E-state index in [1.165, 1.54) is 4.68 Å². The van der Waals surface area contributed by atoms with Crippen LogP contribution < -0.4 is 10.6 Å². The normalized spacial score (nSPS) is 17.8. The molecule has 0 unspecified atom stereocenters. The highest BCUT2D eigenvalue weighted by molar-refractivity contribution is 7.90. The molecule has 2 amide bonds. The number of nitrogens with one attached hydrogen (secondary N) is 2. The molecular weight excluding hydrogens is 446 g/mol. The highest BCUT2D eigenvalue weighted by Gasteiger charge is 2.33. The maximum atomic E-state index is 12.5. The Labute approximate surface area is 184 Å². The van der Waals surface area contributed by atoms with Crippen molar-refractivity contribution >= 4 is 39.1 Å². The molecule has 1 aromatic heterocycles. The number of sulfone groups is 1. The molecule has 0 saturated carbocycles. The Balaban J connectivity index is 1.48. The van der Waals surface area contributed by atoms with Crippen molar-refractivity contribution in [2.24, 2.45) is 0 Å². The van der Waals surface area contributed by atoms with Gasteiger partial charge >= 0.3 is 11.8 Å². The van der Waals surface area contributed by atoms with Gasteiger partial charge in [-0.25, -0.2) is 13.1 Å². The summed E-state index contributed by atoms with van der Waals surface area (Å²) in [5.41, 5.74) is 1.33. The fourth-order valence-electron chi connectivity index (χ4n) is 3.54. The number of carbonyl (C=O) groups excluding carboxylic acids is 2. The number of fused-ring (bicyclic) bond motifs is 1. The Morgan fingerprint density at radius 2 is 1.81 bits per heavy atom. The van der Waals surface area contributed by atoms with Crippen molar-refractivity contribution in [2.45, 2.75) is 11.5 Å². The van der Waals surface area contributed by atoms with E-state index in [1.54, 1.807) is 24.3 Å². The van der Waals surface area contributed by atoms with E-state index in [4.69, 9.17) is 16.3 Å². The van der Waals surface area contributed by atoms with Gasteiger partial charge in [-0.15, -0.1) is 0 Å². The molecule has 3 heterocycles. The number of benzene rings is 1. The minimum absolute atomic E-state index is 0.173. The van der Waals surface area contributed by atoms with Crippen molar-refractivity contribution in [3.05, 3.63) is 40.5 Å². The van der Waals surface area contributed by atoms with E-state index in [0.29, 0.717) is 48.3 Å². The maximum absolute atomic E-state index is 12.5. The second-order valence-corrected chi connectivity index (χ2v) is 9.86. The first-order valence-electron chi connectivity index (χ1n) is 9.79. The van der Waals surface area contributed by atoms with Gasteiger partial charge in [0.05, 0.1) is 36.1 Å². The molecule has 2 aromatic rings. The van der Waals surface area contributed by atoms with E-state index in [2.05, 4.69) is 20.6 Å². The lowest BCUT2D eigenvalue weighted by Gasteiger charge is -2.26. The summed E-state index contributed by atoms with van der Waals surface area (Å²) >= 11 is 5.94. The summed E-state index contributed by atoms with van der Waals surface area (Å²) in [4.78, 5) is 27.0. The zero-order valence-corrected chi connectivity index (χ0v) is 18.2. The van der Waals surface area contributed by atoms with Gasteiger partial charge in [-0.1, -0.05) is 11.6 Å². The molecule has 4 rings (SSSR count). The molecule has 0 radical (unpaired) electrons. The first-order valence-corrected chi connectivity index (χ1v) is 12.0. The van der Waals surface area contributed by atoms with Crippen molar-refractivity contribution in [1.29, 1.82) is 0 Å². The topological polar surface area (TPSA) is 123 Å². The molecule has 0 bridgehead atoms. The molecule has 10 nitrogen and oxygen atoms in total. The molecule has 2 aliphatic rings. The average molecular weight is 468 g/mol. The molecule has 2 N–H and O–H groups in total. The zero-order valence-electron chi connectivity index (χ0n) is 16.6. The minimum atomic E-state index is -3.34. The largest absolute Gasteiger partial charge is 0.379 e. The first-order chi connectivity index (χ1) is 14.8. The van der Waals surface area contributed by atoms with Gasteiger partial charge in [0.15, 0.2) is 9.84 Å². The van der Waals surface area contributed by atoms with Crippen LogP contribution >= 0.6 is 11.6 Å². The lowest BCUT2D eigenvalue weighted by Crippen LogP contribution is -2.43. The lowest BCUT2D eigenvalue weighted by atomic mass is 10.2. The van der Waals surface area contributed by atoms with Gasteiger partial charge in [-0.05, 0) is 24.3 Å². The summed E-state index contributed by atoms with van der Waals surface area (Å²) in [6, 6.07) is 6.70. The summed E-state index contributed by atoms with van der Waals surface area (Å²) in [5, 5.41) is 10.0. The Bertz CT molecular complexity index is 1090. The summed E-state index contributed by atoms with van der Waals surface area (Å²) in [5.74, 6) is -1.97. The van der Waals surface area contributed by atoms with E-state index < -0.39 is 21.7 Å². The molecule has 0 aliphatic carbocycles. The standard InChI is InChI=1S/C19H22ClN5O5S/c20-13-1-3-14(4-2-13)25-17(15-11-31(28,29)12-16(15)23-25)22-19(27)18(26)21-5-6-24-7-9-30-10-8-24/h1-4H,5-12H2,(H,21,26)(H,22,27). The maximum Gasteiger partial charge on any atom is 0.314 e. The minimum Gasteiger partial charge on any atom is -0.379 e. The van der Waals surface area contributed by atoms with Crippen LogP contribution in [0.1, 0.15) is 11.3 Å². The SMILES string of the molecule is O=C(NCCN1CCOCC1)C(=O)Nc1c2c(nn1-c1ccc(Cl)cc1)CS(=O)(=O)C2. The third-order valence-electron chi connectivity index (χ3n) is 5.11. The Kier molecular flexibility index (Phi) is 6.28. The lowest BCUT2D eigenvalue weighted by molar-refractivity contribution is -0.136. The monoisotopic (exact) mass is 467 g/mol. The Hall–Kier alpha value is -2.47. The van der Waals surface area contributed by atoms with Crippen LogP contribution in [-0.2, 0) is 35.7 Å². The molecule has 1 fully saturated rings. The number of aromatic nitrogens is 2. The Morgan fingerprint density at radius 1 is 1.10 bits per heavy atom. The van der Waals surface area contributed by atoms with Crippen molar-refractivity contribution in [3.63, 3.8) is 0 Å². The van der Waals surface area contributed by atoms with Crippen LogP contribution in [-0.4, -0.2) is 74.3 Å². The number of amides is 2. The van der Waals surface area contributed by atoms with E-state index >= 15 is 0 Å². The second-order valence-electron chi connectivity index (χ2n) is 7.36. The molecule has 1 saturated heterocycles. The van der Waals surface area contributed by atoms with E-state index in [9.17, 15) is 18.0 Å². The first kappa shape index (κ1) is 21.8. The van der Waals surface area contributed by atoms with Gasteiger partial charge in [0, 0.05) is 36.8 Å². The molecule has 0 spiro atoms. The van der Waals surface area contributed by atoms with Crippen LogP contribution in [0, 0.1) is 0 Å². The summed E-state index contributed by atoms with van der Waals surface area (Å²) in [6.45, 7) is 3.79. The van der Waals surface area contributed by atoms with Crippen LogP contribution in [0.4, 0.5) is 5.82 Å². The van der Waals surface area contributed by atoms with Gasteiger partial charge in [0.1, 0.15) is 5.82 Å². The zero-order chi connectivity index (χ0) is 22.0. The van der Waals surface area contributed by atoms with Gasteiger partial charge in [0.25, 0.3) is 0 Å². The Morgan fingerprint density at radius 3 is 2.52 bits per heavy atom. The molecular formula is C19H22ClN5O5S.